The number of carbonyl (C=O) groups excluding carboxylic acids is 2. The number of halogens is 2. The van der Waals surface area contributed by atoms with Gasteiger partial charge in [-0.2, -0.15) is 0 Å². The second-order valence-electron chi connectivity index (χ2n) is 6.74. The monoisotopic (exact) mass is 456 g/mol. The molecule has 1 unspecified atom stereocenters. The minimum Gasteiger partial charge on any atom is -0.326 e. The van der Waals surface area contributed by atoms with Crippen LogP contribution in [0.3, 0.4) is 0 Å². The fraction of sp³-hybridized carbons (Fsp3) is 0.300. The molecule has 2 aromatic rings. The van der Waals surface area contributed by atoms with Crippen LogP contribution in [0.5, 0.6) is 0 Å². The molecular weight excluding hydrogens is 435 g/mol. The summed E-state index contributed by atoms with van der Waals surface area (Å²) in [6.07, 6.45) is 2.75. The highest BCUT2D eigenvalue weighted by Crippen LogP contribution is 2.34. The number of amides is 2. The maximum Gasteiger partial charge on any atom is 0.255 e. The summed E-state index contributed by atoms with van der Waals surface area (Å²) in [6, 6.07) is 8.51. The van der Waals surface area contributed by atoms with Crippen LogP contribution in [-0.4, -0.2) is 26.5 Å². The molecule has 0 saturated carbocycles. The molecule has 0 aliphatic carbocycles. The molecule has 9 heteroatoms. The molecule has 0 fully saturated rings. The second kappa shape index (κ2) is 9.61. The highest BCUT2D eigenvalue weighted by atomic mass is 35.5. The Balaban J connectivity index is 2.17. The highest BCUT2D eigenvalue weighted by molar-refractivity contribution is 7.90. The summed E-state index contributed by atoms with van der Waals surface area (Å²) in [5, 5.41) is 5.70. The average molecular weight is 457 g/mol. The Bertz CT molecular complexity index is 998. The summed E-state index contributed by atoms with van der Waals surface area (Å²) in [5.41, 5.74) is 0.879. The van der Waals surface area contributed by atoms with Gasteiger partial charge in [0.15, 0.2) is 9.84 Å². The molecule has 0 bridgehead atoms. The number of sulfone groups is 1. The molecule has 0 spiro atoms. The lowest BCUT2D eigenvalue weighted by Crippen LogP contribution is -2.20. The molecule has 2 aromatic carbocycles. The molecule has 2 amide bonds. The van der Waals surface area contributed by atoms with Crippen LogP contribution in [0.15, 0.2) is 41.3 Å². The van der Waals surface area contributed by atoms with Crippen LogP contribution in [0.25, 0.3) is 0 Å². The first kappa shape index (κ1) is 23.2. The molecule has 2 rings (SSSR count). The van der Waals surface area contributed by atoms with E-state index in [1.54, 1.807) is 0 Å². The zero-order chi connectivity index (χ0) is 21.8. The fourth-order valence-electron chi connectivity index (χ4n) is 2.63. The smallest absolute Gasteiger partial charge is 0.255 e. The maximum absolute atomic E-state index is 12.5. The standard InChI is InChI=1S/C20H22Cl2N2O4S/c1-4-5-12(2)19(25)23-14-10-16(21)18(17(22)11-14)24-20(26)13-6-8-15(9-7-13)29(3,27)28/h6-12H,4-5H2,1-3H3,(H,23,25)(H,24,26). The normalized spacial score (nSPS) is 12.3. The van der Waals surface area contributed by atoms with Crippen LogP contribution in [0.2, 0.25) is 10.0 Å². The van der Waals surface area contributed by atoms with Crippen molar-refractivity contribution in [3.8, 4) is 0 Å². The van der Waals surface area contributed by atoms with Crippen molar-refractivity contribution in [3.05, 3.63) is 52.0 Å². The van der Waals surface area contributed by atoms with E-state index in [2.05, 4.69) is 10.6 Å². The predicted molar refractivity (Wildman–Crippen MR) is 117 cm³/mol. The van der Waals surface area contributed by atoms with E-state index in [1.165, 1.54) is 36.4 Å². The molecule has 6 nitrogen and oxygen atoms in total. The van der Waals surface area contributed by atoms with E-state index in [4.69, 9.17) is 23.2 Å². The van der Waals surface area contributed by atoms with Gasteiger partial charge in [0, 0.05) is 23.4 Å². The Morgan fingerprint density at radius 3 is 2.07 bits per heavy atom. The molecule has 156 valence electrons. The van der Waals surface area contributed by atoms with Gasteiger partial charge in [-0.1, -0.05) is 43.5 Å². The molecule has 0 radical (unpaired) electrons. The zero-order valence-electron chi connectivity index (χ0n) is 16.3. The van der Waals surface area contributed by atoms with Gasteiger partial charge in [-0.15, -0.1) is 0 Å². The van der Waals surface area contributed by atoms with E-state index >= 15 is 0 Å². The van der Waals surface area contributed by atoms with Crippen LogP contribution < -0.4 is 10.6 Å². The van der Waals surface area contributed by atoms with Gasteiger partial charge in [-0.25, -0.2) is 8.42 Å². The third-order valence-corrected chi connectivity index (χ3v) is 5.99. The predicted octanol–water partition coefficient (Wildman–Crippen LogP) is 5.02. The summed E-state index contributed by atoms with van der Waals surface area (Å²) in [5.74, 6) is -0.782. The van der Waals surface area contributed by atoms with Gasteiger partial charge in [0.25, 0.3) is 5.91 Å². The SMILES string of the molecule is CCCC(C)C(=O)Nc1cc(Cl)c(NC(=O)c2ccc(S(C)(=O)=O)cc2)c(Cl)c1. The Labute approximate surface area is 180 Å². The number of nitrogens with one attached hydrogen (secondary N) is 2. The number of hydrogen-bond acceptors (Lipinski definition) is 4. The van der Waals surface area contributed by atoms with Crippen molar-refractivity contribution in [3.63, 3.8) is 0 Å². The molecule has 0 aromatic heterocycles. The molecule has 2 N–H and O–H groups in total. The molecule has 0 saturated heterocycles. The number of rotatable bonds is 7. The van der Waals surface area contributed by atoms with E-state index < -0.39 is 15.7 Å². The maximum atomic E-state index is 12.5. The Morgan fingerprint density at radius 2 is 1.59 bits per heavy atom. The lowest BCUT2D eigenvalue weighted by Gasteiger charge is -2.14. The summed E-state index contributed by atoms with van der Waals surface area (Å²) in [7, 11) is -3.35. The van der Waals surface area contributed by atoms with E-state index in [1.807, 2.05) is 13.8 Å². The van der Waals surface area contributed by atoms with E-state index in [9.17, 15) is 18.0 Å². The van der Waals surface area contributed by atoms with Crippen LogP contribution >= 0.6 is 23.2 Å². The van der Waals surface area contributed by atoms with Gasteiger partial charge in [0.2, 0.25) is 5.91 Å². The number of hydrogen-bond donors (Lipinski definition) is 2. The Hall–Kier alpha value is -2.09. The first-order valence-corrected chi connectivity index (χ1v) is 11.6. The molecule has 1 atom stereocenters. The lowest BCUT2D eigenvalue weighted by molar-refractivity contribution is -0.119. The van der Waals surface area contributed by atoms with Crippen LogP contribution in [0, 0.1) is 5.92 Å². The Morgan fingerprint density at radius 1 is 1.03 bits per heavy atom. The van der Waals surface area contributed by atoms with Crippen LogP contribution in [0.4, 0.5) is 11.4 Å². The van der Waals surface area contributed by atoms with Crippen LogP contribution in [0.1, 0.15) is 37.0 Å². The van der Waals surface area contributed by atoms with E-state index in [0.717, 1.165) is 19.1 Å². The minimum atomic E-state index is -3.35. The highest BCUT2D eigenvalue weighted by Gasteiger charge is 2.17. The van der Waals surface area contributed by atoms with Crippen molar-refractivity contribution < 1.29 is 18.0 Å². The molecular formula is C20H22Cl2N2O4S. The number of anilines is 2. The van der Waals surface area contributed by atoms with Crippen molar-refractivity contribution >= 4 is 56.2 Å². The van der Waals surface area contributed by atoms with Gasteiger partial charge in [0.05, 0.1) is 20.6 Å². The van der Waals surface area contributed by atoms with Gasteiger partial charge in [0.1, 0.15) is 0 Å². The van der Waals surface area contributed by atoms with Gasteiger partial charge in [-0.3, -0.25) is 9.59 Å². The summed E-state index contributed by atoms with van der Waals surface area (Å²) in [6.45, 7) is 3.84. The van der Waals surface area contributed by atoms with Crippen molar-refractivity contribution in [1.29, 1.82) is 0 Å². The van der Waals surface area contributed by atoms with E-state index in [0.29, 0.717) is 5.69 Å². The summed E-state index contributed by atoms with van der Waals surface area (Å²) in [4.78, 5) is 24.7. The first-order chi connectivity index (χ1) is 13.5. The first-order valence-electron chi connectivity index (χ1n) is 8.94. The lowest BCUT2D eigenvalue weighted by atomic mass is 10.1. The zero-order valence-corrected chi connectivity index (χ0v) is 18.6. The summed E-state index contributed by atoms with van der Waals surface area (Å²) >= 11 is 12.5. The Kier molecular flexibility index (Phi) is 7.68. The van der Waals surface area contributed by atoms with Gasteiger partial charge in [-0.05, 0) is 42.8 Å². The summed E-state index contributed by atoms with van der Waals surface area (Å²) < 4.78 is 23.0. The third-order valence-electron chi connectivity index (χ3n) is 4.26. The van der Waals surface area contributed by atoms with Gasteiger partial charge >= 0.3 is 0 Å². The molecule has 29 heavy (non-hydrogen) atoms. The van der Waals surface area contributed by atoms with Gasteiger partial charge < -0.3 is 10.6 Å². The topological polar surface area (TPSA) is 92.3 Å². The van der Waals surface area contributed by atoms with E-state index in [-0.39, 0.29) is 38.0 Å². The van der Waals surface area contributed by atoms with Crippen molar-refractivity contribution in [2.24, 2.45) is 5.92 Å². The van der Waals surface area contributed by atoms with Crippen molar-refractivity contribution in [2.45, 2.75) is 31.6 Å². The average Bonchev–Trinajstić information content (AvgIpc) is 2.64. The van der Waals surface area contributed by atoms with Crippen molar-refractivity contribution in [2.75, 3.05) is 16.9 Å². The largest absolute Gasteiger partial charge is 0.326 e. The van der Waals surface area contributed by atoms with Crippen LogP contribution in [-0.2, 0) is 14.6 Å². The fourth-order valence-corrected chi connectivity index (χ4v) is 3.85. The quantitative estimate of drug-likeness (QED) is 0.611. The number of carbonyl (C=O) groups is 2. The minimum absolute atomic E-state index is 0.113. The molecule has 0 aliphatic heterocycles. The third kappa shape index (κ3) is 6.19. The molecule has 0 heterocycles. The molecule has 0 aliphatic rings. The number of benzene rings is 2. The second-order valence-corrected chi connectivity index (χ2v) is 9.57. The van der Waals surface area contributed by atoms with Crippen molar-refractivity contribution in [1.82, 2.24) is 0 Å².